The smallest absolute Gasteiger partial charge is 0.415 e. The van der Waals surface area contributed by atoms with Crippen molar-refractivity contribution < 1.29 is 32.2 Å². The summed E-state index contributed by atoms with van der Waals surface area (Å²) >= 11 is 0. The Hall–Kier alpha value is -4.00. The fourth-order valence-corrected chi connectivity index (χ4v) is 6.28. The number of sulfonamides is 1. The Morgan fingerprint density at radius 3 is 2.33 bits per heavy atom. The molecule has 0 aliphatic carbocycles. The molecule has 1 aliphatic heterocycles. The number of nitrogens with one attached hydrogen (secondary N) is 1. The number of carbonyl (C=O) groups is 2. The first-order valence-corrected chi connectivity index (χ1v) is 15.0. The fourth-order valence-electron chi connectivity index (χ4n) is 4.66. The summed E-state index contributed by atoms with van der Waals surface area (Å²) in [6.45, 7) is 3.44. The van der Waals surface area contributed by atoms with Crippen LogP contribution in [0.2, 0.25) is 0 Å². The number of hydrogen-bond acceptors (Lipinski definition) is 7. The lowest BCUT2D eigenvalue weighted by molar-refractivity contribution is -0.129. The number of nitrogens with two attached hydrogens (primary N) is 1. The molecule has 0 spiro atoms. The molecule has 3 aromatic rings. The van der Waals surface area contributed by atoms with E-state index in [-0.39, 0.29) is 36.9 Å². The van der Waals surface area contributed by atoms with Gasteiger partial charge in [-0.05, 0) is 66.4 Å². The van der Waals surface area contributed by atoms with Crippen LogP contribution in [0.4, 0.5) is 20.6 Å². The lowest BCUT2D eigenvalue weighted by atomic mass is 10.0. The second-order valence-corrected chi connectivity index (χ2v) is 12.6. The van der Waals surface area contributed by atoms with Crippen LogP contribution in [0.15, 0.2) is 83.8 Å². The number of halogens is 1. The standard InChI is InChI=1S/C30H35FN4O6S/c1-20(2)17-34(42(39,40)25-14-10-23(32)11-15-25)18-27(36)26(16-21-6-4-3-5-7-21)33-29(37)28-19-35(30(38)41-28)24-12-8-22(31)9-13-24/h3-15,20,26-28,36H,16-19,32H2,1-2H3,(H,33,37)/t26-,27+,28-/m0/s1. The monoisotopic (exact) mass is 598 g/mol. The average Bonchev–Trinajstić information content (AvgIpc) is 3.35. The summed E-state index contributed by atoms with van der Waals surface area (Å²) in [4.78, 5) is 27.1. The number of amides is 2. The van der Waals surface area contributed by atoms with Gasteiger partial charge in [-0.2, -0.15) is 4.31 Å². The molecule has 10 nitrogen and oxygen atoms in total. The first kappa shape index (κ1) is 30.9. The Morgan fingerprint density at radius 1 is 1.07 bits per heavy atom. The number of carbonyl (C=O) groups excluding carboxylic acids is 2. The number of anilines is 2. The van der Waals surface area contributed by atoms with Crippen LogP contribution in [-0.4, -0.2) is 67.7 Å². The van der Waals surface area contributed by atoms with Crippen molar-refractivity contribution in [3.05, 3.63) is 90.2 Å². The molecule has 0 aromatic heterocycles. The van der Waals surface area contributed by atoms with Crippen LogP contribution in [-0.2, 0) is 26.0 Å². The van der Waals surface area contributed by atoms with Crippen LogP contribution in [0.3, 0.4) is 0 Å². The molecular weight excluding hydrogens is 563 g/mol. The zero-order valence-corrected chi connectivity index (χ0v) is 24.2. The third kappa shape index (κ3) is 7.64. The van der Waals surface area contributed by atoms with Gasteiger partial charge >= 0.3 is 6.09 Å². The third-order valence-electron chi connectivity index (χ3n) is 6.81. The molecule has 1 saturated heterocycles. The molecule has 0 radical (unpaired) electrons. The summed E-state index contributed by atoms with van der Waals surface area (Å²) in [5, 5.41) is 14.2. The van der Waals surface area contributed by atoms with Crippen molar-refractivity contribution in [2.24, 2.45) is 5.92 Å². The van der Waals surface area contributed by atoms with Crippen molar-refractivity contribution in [1.82, 2.24) is 9.62 Å². The zero-order valence-electron chi connectivity index (χ0n) is 23.4. The van der Waals surface area contributed by atoms with Gasteiger partial charge in [0.15, 0.2) is 6.10 Å². The van der Waals surface area contributed by atoms with Crippen LogP contribution in [0.1, 0.15) is 19.4 Å². The topological polar surface area (TPSA) is 142 Å². The lowest BCUT2D eigenvalue weighted by Gasteiger charge is -2.31. The fraction of sp³-hybridized carbons (Fsp3) is 0.333. The summed E-state index contributed by atoms with van der Waals surface area (Å²) in [7, 11) is -4.00. The molecule has 0 bridgehead atoms. The van der Waals surface area contributed by atoms with Gasteiger partial charge in [0.2, 0.25) is 10.0 Å². The minimum atomic E-state index is -4.00. The van der Waals surface area contributed by atoms with Gasteiger partial charge in [-0.1, -0.05) is 44.2 Å². The Morgan fingerprint density at radius 2 is 1.71 bits per heavy atom. The maximum absolute atomic E-state index is 13.6. The minimum absolute atomic E-state index is 0.0342. The summed E-state index contributed by atoms with van der Waals surface area (Å²) in [6, 6.07) is 19.2. The number of ether oxygens (including phenoxy) is 1. The Labute approximate surface area is 244 Å². The molecule has 4 rings (SSSR count). The highest BCUT2D eigenvalue weighted by Crippen LogP contribution is 2.23. The van der Waals surface area contributed by atoms with Gasteiger partial charge in [0, 0.05) is 24.5 Å². The van der Waals surface area contributed by atoms with Gasteiger partial charge in [0.25, 0.3) is 5.91 Å². The van der Waals surface area contributed by atoms with Crippen molar-refractivity contribution in [1.29, 1.82) is 0 Å². The van der Waals surface area contributed by atoms with E-state index in [0.717, 1.165) is 5.56 Å². The first-order chi connectivity index (χ1) is 19.9. The highest BCUT2D eigenvalue weighted by atomic mass is 32.2. The first-order valence-electron chi connectivity index (χ1n) is 13.6. The molecule has 42 heavy (non-hydrogen) atoms. The van der Waals surface area contributed by atoms with E-state index in [1.807, 2.05) is 44.2 Å². The molecule has 3 aromatic carbocycles. The average molecular weight is 599 g/mol. The molecule has 0 saturated carbocycles. The van der Waals surface area contributed by atoms with Crippen molar-refractivity contribution in [2.75, 3.05) is 30.3 Å². The van der Waals surface area contributed by atoms with Gasteiger partial charge < -0.3 is 20.9 Å². The quantitative estimate of drug-likeness (QED) is 0.272. The van der Waals surface area contributed by atoms with Crippen molar-refractivity contribution >= 4 is 33.4 Å². The summed E-state index contributed by atoms with van der Waals surface area (Å²) in [6.07, 6.45) is -3.09. The summed E-state index contributed by atoms with van der Waals surface area (Å²) in [5.41, 5.74) is 7.33. The summed E-state index contributed by atoms with van der Waals surface area (Å²) in [5.74, 6) is -1.17. The molecule has 0 unspecified atom stereocenters. The maximum atomic E-state index is 13.6. The van der Waals surface area contributed by atoms with Crippen LogP contribution < -0.4 is 16.0 Å². The van der Waals surface area contributed by atoms with Crippen LogP contribution in [0.25, 0.3) is 0 Å². The Kier molecular flexibility index (Phi) is 9.81. The molecule has 12 heteroatoms. The van der Waals surface area contributed by atoms with E-state index in [4.69, 9.17) is 10.5 Å². The second-order valence-electron chi connectivity index (χ2n) is 10.6. The van der Waals surface area contributed by atoms with E-state index < -0.39 is 46.1 Å². The van der Waals surface area contributed by atoms with Gasteiger partial charge in [0.1, 0.15) is 5.82 Å². The number of aliphatic hydroxyl groups is 1. The van der Waals surface area contributed by atoms with Crippen molar-refractivity contribution in [2.45, 2.75) is 43.4 Å². The highest BCUT2D eigenvalue weighted by Gasteiger charge is 2.39. The van der Waals surface area contributed by atoms with E-state index in [2.05, 4.69) is 5.32 Å². The Bertz CT molecular complexity index is 1470. The van der Waals surface area contributed by atoms with E-state index in [0.29, 0.717) is 11.4 Å². The molecule has 1 fully saturated rings. The SMILES string of the molecule is CC(C)CN(C[C@@H](O)[C@H](Cc1ccccc1)NC(=O)[C@@H]1CN(c2ccc(F)cc2)C(=O)O1)S(=O)(=O)c1ccc(N)cc1. The van der Waals surface area contributed by atoms with E-state index in [1.54, 1.807) is 0 Å². The van der Waals surface area contributed by atoms with Crippen molar-refractivity contribution in [3.8, 4) is 0 Å². The molecule has 224 valence electrons. The number of rotatable bonds is 12. The number of benzene rings is 3. The van der Waals surface area contributed by atoms with E-state index in [9.17, 15) is 27.5 Å². The zero-order chi connectivity index (χ0) is 30.4. The lowest BCUT2D eigenvalue weighted by Crippen LogP contribution is -2.53. The minimum Gasteiger partial charge on any atom is -0.434 e. The number of aliphatic hydroxyl groups excluding tert-OH is 1. The maximum Gasteiger partial charge on any atom is 0.415 e. The number of cyclic esters (lactones) is 1. The van der Waals surface area contributed by atoms with Gasteiger partial charge in [-0.15, -0.1) is 0 Å². The third-order valence-corrected chi connectivity index (χ3v) is 8.66. The van der Waals surface area contributed by atoms with Gasteiger partial charge in [0.05, 0.1) is 23.6 Å². The molecule has 1 aliphatic rings. The number of nitrogen functional groups attached to an aromatic ring is 1. The predicted octanol–water partition coefficient (Wildman–Crippen LogP) is 3.17. The van der Waals surface area contributed by atoms with E-state index >= 15 is 0 Å². The van der Waals surface area contributed by atoms with Gasteiger partial charge in [-0.3, -0.25) is 9.69 Å². The highest BCUT2D eigenvalue weighted by molar-refractivity contribution is 7.89. The predicted molar refractivity (Wildman–Crippen MR) is 157 cm³/mol. The number of hydrogen-bond donors (Lipinski definition) is 3. The normalized spacial score (nSPS) is 16.9. The molecule has 4 N–H and O–H groups in total. The van der Waals surface area contributed by atoms with E-state index in [1.165, 1.54) is 57.7 Å². The van der Waals surface area contributed by atoms with Crippen LogP contribution in [0.5, 0.6) is 0 Å². The molecular formula is C30H35FN4O6S. The Balaban J connectivity index is 1.54. The molecule has 1 heterocycles. The summed E-state index contributed by atoms with van der Waals surface area (Å²) < 4.78 is 46.9. The molecule has 2 amide bonds. The largest absolute Gasteiger partial charge is 0.434 e. The van der Waals surface area contributed by atoms with Crippen molar-refractivity contribution in [3.63, 3.8) is 0 Å². The van der Waals surface area contributed by atoms with Crippen LogP contribution in [0, 0.1) is 11.7 Å². The van der Waals surface area contributed by atoms with Gasteiger partial charge in [-0.25, -0.2) is 17.6 Å². The molecule has 3 atom stereocenters. The van der Waals surface area contributed by atoms with Crippen LogP contribution >= 0.6 is 0 Å². The second kappa shape index (κ2) is 13.3. The number of nitrogens with zero attached hydrogens (tertiary/aromatic N) is 2.